The molecule has 3 aliphatic rings. The summed E-state index contributed by atoms with van der Waals surface area (Å²) in [6.07, 6.45) is 7.08. The second-order valence-electron chi connectivity index (χ2n) is 8.35. The molecule has 26 heavy (non-hydrogen) atoms. The monoisotopic (exact) mass is 359 g/mol. The summed E-state index contributed by atoms with van der Waals surface area (Å²) in [5.41, 5.74) is 1.15. The van der Waals surface area contributed by atoms with Gasteiger partial charge >= 0.3 is 0 Å². The Morgan fingerprint density at radius 1 is 1.15 bits per heavy atom. The molecule has 0 spiro atoms. The first-order valence-corrected chi connectivity index (χ1v) is 9.87. The number of hydrogen-bond donors (Lipinski definition) is 2. The van der Waals surface area contributed by atoms with Gasteiger partial charge in [0.15, 0.2) is 5.76 Å². The van der Waals surface area contributed by atoms with E-state index in [1.54, 1.807) is 6.07 Å². The summed E-state index contributed by atoms with van der Waals surface area (Å²) in [5.74, 6) is 1.15. The summed E-state index contributed by atoms with van der Waals surface area (Å²) in [6, 6.07) is 2.07. The Morgan fingerprint density at radius 3 is 2.38 bits per heavy atom. The molecule has 0 bridgehead atoms. The van der Waals surface area contributed by atoms with Gasteiger partial charge in [-0.2, -0.15) is 0 Å². The van der Waals surface area contributed by atoms with Gasteiger partial charge in [-0.1, -0.05) is 0 Å². The molecule has 2 aliphatic carbocycles. The summed E-state index contributed by atoms with van der Waals surface area (Å²) in [7, 11) is 0. The molecular weight excluding hydrogens is 330 g/mol. The van der Waals surface area contributed by atoms with E-state index in [-0.39, 0.29) is 29.4 Å². The van der Waals surface area contributed by atoms with Crippen LogP contribution in [0.5, 0.6) is 0 Å². The van der Waals surface area contributed by atoms with Gasteiger partial charge < -0.3 is 15.1 Å². The van der Waals surface area contributed by atoms with Crippen LogP contribution in [-0.4, -0.2) is 47.4 Å². The van der Waals surface area contributed by atoms with Crippen LogP contribution in [0.2, 0.25) is 0 Å². The third kappa shape index (κ3) is 3.52. The third-order valence-electron chi connectivity index (χ3n) is 6.32. The van der Waals surface area contributed by atoms with Crippen LogP contribution in [-0.2, 0) is 4.79 Å². The average Bonchev–Trinajstić information content (AvgIpc) is 2.98. The normalized spacial score (nSPS) is 27.0. The summed E-state index contributed by atoms with van der Waals surface area (Å²) < 4.78 is 5.46. The summed E-state index contributed by atoms with van der Waals surface area (Å²) in [6.45, 7) is 6.09. The molecule has 142 valence electrons. The van der Waals surface area contributed by atoms with E-state index in [1.807, 2.05) is 13.8 Å². The van der Waals surface area contributed by atoms with Crippen LogP contribution in [0.4, 0.5) is 0 Å². The zero-order valence-electron chi connectivity index (χ0n) is 15.8. The average molecular weight is 359 g/mol. The molecule has 4 rings (SSSR count). The predicted molar refractivity (Wildman–Crippen MR) is 98.0 cm³/mol. The van der Waals surface area contributed by atoms with Crippen molar-refractivity contribution in [1.29, 1.82) is 0 Å². The first-order chi connectivity index (χ1) is 12.4. The minimum absolute atomic E-state index is 0.118. The second kappa shape index (κ2) is 6.72. The highest BCUT2D eigenvalue weighted by atomic mass is 16.3. The lowest BCUT2D eigenvalue weighted by atomic mass is 9.86. The molecule has 1 aliphatic heterocycles. The number of carbonyl (C=O) groups excluding carboxylic acids is 2. The van der Waals surface area contributed by atoms with Crippen molar-refractivity contribution in [1.82, 2.24) is 15.5 Å². The van der Waals surface area contributed by atoms with Gasteiger partial charge in [0.05, 0.1) is 0 Å². The van der Waals surface area contributed by atoms with Crippen molar-refractivity contribution in [2.75, 3.05) is 13.1 Å². The molecule has 0 radical (unpaired) electrons. The topological polar surface area (TPSA) is 74.6 Å². The minimum Gasteiger partial charge on any atom is -0.456 e. The number of carbonyl (C=O) groups is 2. The van der Waals surface area contributed by atoms with Gasteiger partial charge in [0, 0.05) is 24.0 Å². The first kappa shape index (κ1) is 17.6. The van der Waals surface area contributed by atoms with Crippen molar-refractivity contribution in [3.05, 3.63) is 23.2 Å². The molecule has 0 aromatic carbocycles. The minimum atomic E-state index is -0.165. The Kier molecular flexibility index (Phi) is 4.55. The van der Waals surface area contributed by atoms with E-state index < -0.39 is 0 Å². The van der Waals surface area contributed by atoms with Crippen molar-refractivity contribution in [2.45, 2.75) is 76.4 Å². The van der Waals surface area contributed by atoms with Gasteiger partial charge in [-0.25, -0.2) is 0 Å². The van der Waals surface area contributed by atoms with Gasteiger partial charge in [0.2, 0.25) is 5.91 Å². The summed E-state index contributed by atoms with van der Waals surface area (Å²) in [5, 5.41) is 6.14. The molecule has 2 amide bonds. The molecular formula is C20H29N3O3. The number of aryl methyl sites for hydroxylation is 2. The number of nitrogens with zero attached hydrogens (tertiary/aromatic N) is 1. The highest BCUT2D eigenvalue weighted by Crippen LogP contribution is 2.46. The predicted octanol–water partition coefficient (Wildman–Crippen LogP) is 2.29. The maximum absolute atomic E-state index is 12.4. The van der Waals surface area contributed by atoms with Crippen LogP contribution in [0, 0.1) is 13.8 Å². The largest absolute Gasteiger partial charge is 0.456 e. The lowest BCUT2D eigenvalue weighted by molar-refractivity contribution is -0.124. The van der Waals surface area contributed by atoms with Crippen LogP contribution in [0.1, 0.15) is 66.8 Å². The van der Waals surface area contributed by atoms with Crippen LogP contribution in [0.3, 0.4) is 0 Å². The van der Waals surface area contributed by atoms with Gasteiger partial charge in [-0.05, 0) is 77.1 Å². The molecule has 2 saturated carbocycles. The highest BCUT2D eigenvalue weighted by molar-refractivity contribution is 5.92. The Balaban J connectivity index is 1.19. The van der Waals surface area contributed by atoms with E-state index in [0.29, 0.717) is 12.2 Å². The van der Waals surface area contributed by atoms with Crippen molar-refractivity contribution in [2.24, 2.45) is 0 Å². The van der Waals surface area contributed by atoms with Gasteiger partial charge in [0.25, 0.3) is 5.91 Å². The molecule has 6 nitrogen and oxygen atoms in total. The van der Waals surface area contributed by atoms with Crippen LogP contribution >= 0.6 is 0 Å². The zero-order chi connectivity index (χ0) is 18.3. The van der Waals surface area contributed by atoms with E-state index in [4.69, 9.17) is 4.42 Å². The van der Waals surface area contributed by atoms with E-state index in [1.165, 1.54) is 12.8 Å². The van der Waals surface area contributed by atoms with E-state index in [2.05, 4.69) is 15.5 Å². The number of hydrogen-bond acceptors (Lipinski definition) is 4. The Labute approximate surface area is 154 Å². The van der Waals surface area contributed by atoms with Gasteiger partial charge in [-0.15, -0.1) is 0 Å². The molecule has 3 fully saturated rings. The fourth-order valence-electron chi connectivity index (χ4n) is 4.31. The standard InChI is InChI=1S/C20H29N3O3/c1-13-9-17(26-14(13)2)19(25)22-16-10-15(11-16)21-18(24)12-20(5-6-20)23-7-3-4-8-23/h9,15-16H,3-8,10-12H2,1-2H3,(H,21,24)(H,22,25). The molecule has 2 heterocycles. The van der Waals surface area contributed by atoms with Gasteiger partial charge in [0.1, 0.15) is 5.76 Å². The molecule has 0 atom stereocenters. The summed E-state index contributed by atoms with van der Waals surface area (Å²) >= 11 is 0. The number of likely N-dealkylation sites (tertiary alicyclic amines) is 1. The fraction of sp³-hybridized carbons (Fsp3) is 0.700. The second-order valence-corrected chi connectivity index (χ2v) is 8.35. The molecule has 1 aromatic heterocycles. The third-order valence-corrected chi connectivity index (χ3v) is 6.32. The number of nitrogens with one attached hydrogen (secondary N) is 2. The van der Waals surface area contributed by atoms with Gasteiger partial charge in [-0.3, -0.25) is 14.5 Å². The number of furan rings is 1. The highest BCUT2D eigenvalue weighted by Gasteiger charge is 2.50. The Bertz CT molecular complexity index is 676. The molecule has 0 unspecified atom stereocenters. The quantitative estimate of drug-likeness (QED) is 0.817. The van der Waals surface area contributed by atoms with Crippen LogP contribution < -0.4 is 10.6 Å². The maximum atomic E-state index is 12.4. The van der Waals surface area contributed by atoms with Crippen molar-refractivity contribution in [3.63, 3.8) is 0 Å². The molecule has 1 aromatic rings. The van der Waals surface area contributed by atoms with Crippen LogP contribution in [0.25, 0.3) is 0 Å². The molecule has 1 saturated heterocycles. The smallest absolute Gasteiger partial charge is 0.287 e. The molecule has 6 heteroatoms. The molecule has 2 N–H and O–H groups in total. The van der Waals surface area contributed by atoms with Crippen LogP contribution in [0.15, 0.2) is 10.5 Å². The van der Waals surface area contributed by atoms with Crippen molar-refractivity contribution < 1.29 is 14.0 Å². The fourth-order valence-corrected chi connectivity index (χ4v) is 4.31. The van der Waals surface area contributed by atoms with E-state index in [9.17, 15) is 9.59 Å². The maximum Gasteiger partial charge on any atom is 0.287 e. The summed E-state index contributed by atoms with van der Waals surface area (Å²) in [4.78, 5) is 27.1. The first-order valence-electron chi connectivity index (χ1n) is 9.87. The SMILES string of the molecule is Cc1cc(C(=O)NC2CC(NC(=O)CC3(N4CCCC4)CC3)C2)oc1C. The Morgan fingerprint density at radius 2 is 1.81 bits per heavy atom. The zero-order valence-corrected chi connectivity index (χ0v) is 15.8. The lowest BCUT2D eigenvalue weighted by Gasteiger charge is -2.36. The van der Waals surface area contributed by atoms with Crippen molar-refractivity contribution >= 4 is 11.8 Å². The lowest BCUT2D eigenvalue weighted by Crippen LogP contribution is -2.54. The Hall–Kier alpha value is -1.82. The van der Waals surface area contributed by atoms with E-state index >= 15 is 0 Å². The van der Waals surface area contributed by atoms with E-state index in [0.717, 1.165) is 50.1 Å². The number of amides is 2. The number of rotatable bonds is 6. The van der Waals surface area contributed by atoms with Crippen molar-refractivity contribution in [3.8, 4) is 0 Å².